The van der Waals surface area contributed by atoms with Gasteiger partial charge in [-0.2, -0.15) is 5.10 Å². The summed E-state index contributed by atoms with van der Waals surface area (Å²) in [5.74, 6) is 2.26. The van der Waals surface area contributed by atoms with Gasteiger partial charge in [0, 0.05) is 55.0 Å². The zero-order valence-electron chi connectivity index (χ0n) is 33.3. The summed E-state index contributed by atoms with van der Waals surface area (Å²) < 4.78 is 34.9. The quantitative estimate of drug-likeness (QED) is 0.0471. The number of aromatic nitrogens is 4. The summed E-state index contributed by atoms with van der Waals surface area (Å²) in [6, 6.07) is 23.8. The monoisotopic (exact) mass is 760 g/mol. The minimum atomic E-state index is -1.26. The van der Waals surface area contributed by atoms with Crippen LogP contribution < -0.4 is 9.47 Å². The standard InChI is InChI=1S/C40H60N4O5Si3/c1-30(48-22-25-52(9,10)11)49-38-19-17-32(45-2)27-34(38)31-16-18-33-37(26-31)44(29-47-21-24-51(6,7)8)42-39(33)40-41-35-14-12-13-15-36(35)43(40)28-46-20-23-50(3,4)5/h12-19,26-27,30H,20-25,28-29H2,1-11H3. The fourth-order valence-corrected chi connectivity index (χ4v) is 8.01. The number of fused-ring (bicyclic) bond motifs is 2. The second-order valence-electron chi connectivity index (χ2n) is 17.4. The molecule has 1 atom stereocenters. The Balaban J connectivity index is 1.55. The van der Waals surface area contributed by atoms with Gasteiger partial charge in [-0.05, 0) is 73.1 Å². The van der Waals surface area contributed by atoms with E-state index in [1.165, 1.54) is 0 Å². The summed E-state index contributed by atoms with van der Waals surface area (Å²) in [6.07, 6.45) is -0.398. The van der Waals surface area contributed by atoms with E-state index in [4.69, 9.17) is 33.8 Å². The van der Waals surface area contributed by atoms with Gasteiger partial charge in [0.25, 0.3) is 0 Å². The molecular formula is C40H60N4O5Si3. The van der Waals surface area contributed by atoms with Crippen LogP contribution in [0.15, 0.2) is 60.7 Å². The highest BCUT2D eigenvalue weighted by molar-refractivity contribution is 6.76. The summed E-state index contributed by atoms with van der Waals surface area (Å²) in [6.45, 7) is 26.1. The zero-order chi connectivity index (χ0) is 37.7. The third-order valence-corrected chi connectivity index (χ3v) is 14.2. The van der Waals surface area contributed by atoms with Crippen LogP contribution in [0.25, 0.3) is 44.6 Å². The number of hydrogen-bond donors (Lipinski definition) is 0. The molecule has 2 heterocycles. The molecule has 0 saturated carbocycles. The number of ether oxygens (including phenoxy) is 5. The topological polar surface area (TPSA) is 81.8 Å². The Bertz CT molecular complexity index is 1940. The van der Waals surface area contributed by atoms with Crippen LogP contribution in [0.1, 0.15) is 6.92 Å². The largest absolute Gasteiger partial charge is 0.497 e. The number of hydrogen-bond acceptors (Lipinski definition) is 7. The summed E-state index contributed by atoms with van der Waals surface area (Å²) in [4.78, 5) is 5.12. The fraction of sp³-hybridized carbons (Fsp3) is 0.500. The molecule has 3 aromatic carbocycles. The highest BCUT2D eigenvalue weighted by atomic mass is 28.3. The number of benzene rings is 3. The maximum Gasteiger partial charge on any atom is 0.196 e. The summed E-state index contributed by atoms with van der Waals surface area (Å²) in [5, 5.41) is 6.20. The molecule has 0 aliphatic rings. The van der Waals surface area contributed by atoms with E-state index in [-0.39, 0.29) is 0 Å². The molecule has 52 heavy (non-hydrogen) atoms. The van der Waals surface area contributed by atoms with E-state index in [2.05, 4.69) is 87.8 Å². The van der Waals surface area contributed by atoms with E-state index in [1.54, 1.807) is 7.11 Å². The van der Waals surface area contributed by atoms with Crippen LogP contribution in [0.4, 0.5) is 0 Å². The summed E-state index contributed by atoms with van der Waals surface area (Å²) in [7, 11) is -2.04. The molecule has 0 saturated heterocycles. The predicted molar refractivity (Wildman–Crippen MR) is 223 cm³/mol. The number of methoxy groups -OCH3 is 1. The molecule has 0 amide bonds. The van der Waals surface area contributed by atoms with Crippen LogP contribution in [-0.2, 0) is 27.7 Å². The molecule has 2 aromatic heterocycles. The number of rotatable bonds is 19. The lowest BCUT2D eigenvalue weighted by molar-refractivity contribution is -0.0612. The Kier molecular flexibility index (Phi) is 12.9. The van der Waals surface area contributed by atoms with Crippen molar-refractivity contribution in [2.24, 2.45) is 0 Å². The molecule has 0 radical (unpaired) electrons. The van der Waals surface area contributed by atoms with Gasteiger partial charge in [0.1, 0.15) is 30.7 Å². The molecule has 12 heteroatoms. The van der Waals surface area contributed by atoms with Gasteiger partial charge >= 0.3 is 0 Å². The van der Waals surface area contributed by atoms with Crippen LogP contribution in [0.5, 0.6) is 11.5 Å². The van der Waals surface area contributed by atoms with E-state index in [9.17, 15) is 0 Å². The van der Waals surface area contributed by atoms with Gasteiger partial charge in [-0.1, -0.05) is 77.1 Å². The number of imidazole rings is 1. The molecule has 5 rings (SSSR count). The van der Waals surface area contributed by atoms with Gasteiger partial charge in [-0.3, -0.25) is 4.57 Å². The van der Waals surface area contributed by atoms with Gasteiger partial charge in [0.2, 0.25) is 0 Å². The van der Waals surface area contributed by atoms with E-state index >= 15 is 0 Å². The molecule has 1 unspecified atom stereocenters. The lowest BCUT2D eigenvalue weighted by Crippen LogP contribution is -2.25. The van der Waals surface area contributed by atoms with Crippen LogP contribution in [0.3, 0.4) is 0 Å². The highest BCUT2D eigenvalue weighted by Gasteiger charge is 2.23. The molecular weight excluding hydrogens is 701 g/mol. The molecule has 0 aliphatic carbocycles. The van der Waals surface area contributed by atoms with Gasteiger partial charge in [-0.25, -0.2) is 9.67 Å². The number of nitrogens with zero attached hydrogens (tertiary/aromatic N) is 4. The summed E-state index contributed by atoms with van der Waals surface area (Å²) in [5.41, 5.74) is 5.58. The van der Waals surface area contributed by atoms with Crippen molar-refractivity contribution < 1.29 is 23.7 Å². The second-order valence-corrected chi connectivity index (χ2v) is 34.2. The lowest BCUT2D eigenvalue weighted by atomic mass is 10.0. The van der Waals surface area contributed by atoms with Crippen molar-refractivity contribution in [1.29, 1.82) is 0 Å². The molecule has 0 aliphatic heterocycles. The Morgan fingerprint density at radius 1 is 0.712 bits per heavy atom. The average molecular weight is 761 g/mol. The van der Waals surface area contributed by atoms with Gasteiger partial charge in [0.15, 0.2) is 12.1 Å². The van der Waals surface area contributed by atoms with Crippen LogP contribution in [-0.4, -0.2) is 76.8 Å². The van der Waals surface area contributed by atoms with Gasteiger partial charge in [-0.15, -0.1) is 0 Å². The Hall–Kier alpha value is -3.27. The maximum absolute atomic E-state index is 6.43. The van der Waals surface area contributed by atoms with Crippen LogP contribution in [0.2, 0.25) is 77.1 Å². The first-order valence-electron chi connectivity index (χ1n) is 18.6. The molecule has 9 nitrogen and oxygen atoms in total. The molecule has 0 N–H and O–H groups in total. The minimum Gasteiger partial charge on any atom is -0.497 e. The summed E-state index contributed by atoms with van der Waals surface area (Å²) >= 11 is 0. The Labute approximate surface area is 313 Å². The predicted octanol–water partition coefficient (Wildman–Crippen LogP) is 10.4. The molecule has 0 bridgehead atoms. The van der Waals surface area contributed by atoms with Crippen molar-refractivity contribution >= 4 is 46.2 Å². The fourth-order valence-electron chi connectivity index (χ4n) is 5.76. The van der Waals surface area contributed by atoms with Crippen molar-refractivity contribution in [2.45, 2.75) is 104 Å². The average Bonchev–Trinajstić information content (AvgIpc) is 3.61. The molecule has 0 fully saturated rings. The third-order valence-electron chi connectivity index (χ3n) is 9.04. The first-order chi connectivity index (χ1) is 24.5. The highest BCUT2D eigenvalue weighted by Crippen LogP contribution is 2.38. The van der Waals surface area contributed by atoms with Crippen molar-refractivity contribution in [1.82, 2.24) is 19.3 Å². The van der Waals surface area contributed by atoms with Crippen LogP contribution >= 0.6 is 0 Å². The van der Waals surface area contributed by atoms with Gasteiger partial charge in [0.05, 0.1) is 23.7 Å². The molecule has 5 aromatic rings. The van der Waals surface area contributed by atoms with Crippen molar-refractivity contribution in [3.8, 4) is 34.1 Å². The van der Waals surface area contributed by atoms with Crippen molar-refractivity contribution in [3.05, 3.63) is 60.7 Å². The van der Waals surface area contributed by atoms with Crippen LogP contribution in [0, 0.1) is 0 Å². The Morgan fingerprint density at radius 2 is 1.37 bits per heavy atom. The molecule has 0 spiro atoms. The SMILES string of the molecule is COc1ccc(OC(C)OCC[Si](C)(C)C)c(-c2ccc3c(-c4nc5ccccc5n4COCC[Si](C)(C)C)nn(COCC[Si](C)(C)C)c3c2)c1. The number of para-hydroxylation sites is 2. The first kappa shape index (κ1) is 39.9. The van der Waals surface area contributed by atoms with E-state index < -0.39 is 30.5 Å². The third kappa shape index (κ3) is 10.9. The van der Waals surface area contributed by atoms with Crippen molar-refractivity contribution in [2.75, 3.05) is 26.9 Å². The zero-order valence-corrected chi connectivity index (χ0v) is 36.3. The maximum atomic E-state index is 6.43. The molecule has 282 valence electrons. The lowest BCUT2D eigenvalue weighted by Gasteiger charge is -2.21. The second kappa shape index (κ2) is 16.8. The first-order valence-corrected chi connectivity index (χ1v) is 29.7. The van der Waals surface area contributed by atoms with E-state index in [1.807, 2.05) is 48.0 Å². The van der Waals surface area contributed by atoms with Gasteiger partial charge < -0.3 is 23.7 Å². The van der Waals surface area contributed by atoms with E-state index in [0.717, 1.165) is 80.8 Å². The minimum absolute atomic E-state index is 0.334. The Morgan fingerprint density at radius 3 is 2.04 bits per heavy atom. The van der Waals surface area contributed by atoms with E-state index in [0.29, 0.717) is 26.7 Å². The van der Waals surface area contributed by atoms with Crippen molar-refractivity contribution in [3.63, 3.8) is 0 Å². The normalized spacial score (nSPS) is 13.3. The smallest absolute Gasteiger partial charge is 0.196 e.